The summed E-state index contributed by atoms with van der Waals surface area (Å²) in [6.45, 7) is 4.97. The first-order valence-electron chi connectivity index (χ1n) is 6.87. The van der Waals surface area contributed by atoms with Gasteiger partial charge in [0.25, 0.3) is 0 Å². The van der Waals surface area contributed by atoms with Crippen LogP contribution in [0.15, 0.2) is 24.3 Å². The van der Waals surface area contributed by atoms with Crippen molar-refractivity contribution in [3.8, 4) is 5.75 Å². The lowest BCUT2D eigenvalue weighted by molar-refractivity contribution is -0.904. The van der Waals surface area contributed by atoms with E-state index in [-0.39, 0.29) is 6.61 Å². The quantitative estimate of drug-likeness (QED) is 0.659. The zero-order valence-corrected chi connectivity index (χ0v) is 12.6. The van der Waals surface area contributed by atoms with Crippen molar-refractivity contribution in [2.45, 2.75) is 0 Å². The van der Waals surface area contributed by atoms with Gasteiger partial charge in [0.05, 0.1) is 39.9 Å². The summed E-state index contributed by atoms with van der Waals surface area (Å²) in [4.78, 5) is 3.62. The fourth-order valence-corrected chi connectivity index (χ4v) is 2.61. The highest BCUT2D eigenvalue weighted by Gasteiger charge is 2.21. The largest absolute Gasteiger partial charge is 0.497 e. The van der Waals surface area contributed by atoms with E-state index in [1.165, 1.54) is 4.90 Å². The monoisotopic (exact) mass is 296 g/mol. The molecule has 0 spiro atoms. The lowest BCUT2D eigenvalue weighted by Gasteiger charge is -2.33. The molecule has 1 fully saturated rings. The molecule has 1 aliphatic heterocycles. The van der Waals surface area contributed by atoms with Crippen LogP contribution in [0.25, 0.3) is 0 Å². The molecule has 1 aromatic carbocycles. The molecular weight excluding hydrogens is 274 g/mol. The van der Waals surface area contributed by atoms with Crippen molar-refractivity contribution in [3.05, 3.63) is 24.3 Å². The third-order valence-electron chi connectivity index (χ3n) is 3.56. The maximum atomic E-state index is 8.95. The van der Waals surface area contributed by atoms with Gasteiger partial charge in [0.1, 0.15) is 12.3 Å². The first kappa shape index (κ1) is 15.0. The van der Waals surface area contributed by atoms with E-state index in [2.05, 4.69) is 10.2 Å². The molecule has 0 aromatic heterocycles. The molecule has 1 aliphatic rings. The number of hydrogen-bond donors (Lipinski definition) is 3. The molecule has 1 aromatic rings. The predicted molar refractivity (Wildman–Crippen MR) is 83.4 cm³/mol. The fraction of sp³-hybridized carbons (Fsp3) is 0.500. The van der Waals surface area contributed by atoms with Gasteiger partial charge < -0.3 is 25.0 Å². The second-order valence-corrected chi connectivity index (χ2v) is 5.26. The van der Waals surface area contributed by atoms with E-state index in [9.17, 15) is 0 Å². The van der Waals surface area contributed by atoms with Gasteiger partial charge in [-0.2, -0.15) is 0 Å². The molecule has 0 aliphatic carbocycles. The lowest BCUT2D eigenvalue weighted by atomic mass is 10.3. The molecule has 6 heteroatoms. The summed E-state index contributed by atoms with van der Waals surface area (Å²) in [5.41, 5.74) is 0.973. The molecular formula is C14H22N3O2S+. The number of aliphatic hydroxyl groups excluding tert-OH is 1. The Labute approximate surface area is 125 Å². The molecule has 0 amide bonds. The van der Waals surface area contributed by atoms with Crippen molar-refractivity contribution in [2.24, 2.45) is 0 Å². The fourth-order valence-electron chi connectivity index (χ4n) is 2.31. The second-order valence-electron chi connectivity index (χ2n) is 4.87. The summed E-state index contributed by atoms with van der Waals surface area (Å²) in [6, 6.07) is 7.74. The van der Waals surface area contributed by atoms with Crippen LogP contribution in [0.4, 0.5) is 5.69 Å². The van der Waals surface area contributed by atoms with Gasteiger partial charge in [-0.25, -0.2) is 0 Å². The number of methoxy groups -OCH3 is 1. The average molecular weight is 296 g/mol. The van der Waals surface area contributed by atoms with Gasteiger partial charge >= 0.3 is 0 Å². The van der Waals surface area contributed by atoms with Crippen molar-refractivity contribution >= 4 is 23.0 Å². The van der Waals surface area contributed by atoms with Crippen LogP contribution in [0.2, 0.25) is 0 Å². The van der Waals surface area contributed by atoms with Crippen molar-refractivity contribution < 1.29 is 14.7 Å². The molecule has 110 valence electrons. The van der Waals surface area contributed by atoms with Crippen molar-refractivity contribution in [2.75, 3.05) is 51.8 Å². The Kier molecular flexibility index (Phi) is 5.58. The van der Waals surface area contributed by atoms with Crippen molar-refractivity contribution in [1.29, 1.82) is 0 Å². The van der Waals surface area contributed by atoms with E-state index in [0.29, 0.717) is 0 Å². The van der Waals surface area contributed by atoms with Gasteiger partial charge in [-0.15, -0.1) is 0 Å². The maximum Gasteiger partial charge on any atom is 0.173 e. The van der Waals surface area contributed by atoms with Crippen LogP contribution in [0.3, 0.4) is 0 Å². The number of piperazine rings is 1. The van der Waals surface area contributed by atoms with Gasteiger partial charge in [0, 0.05) is 5.69 Å². The third-order valence-corrected chi connectivity index (χ3v) is 3.92. The number of thiocarbonyl (C=S) groups is 1. The Morgan fingerprint density at radius 3 is 2.55 bits per heavy atom. The number of aliphatic hydroxyl groups is 1. The number of quaternary nitrogens is 1. The molecule has 0 unspecified atom stereocenters. The van der Waals surface area contributed by atoms with Crippen LogP contribution < -0.4 is 15.0 Å². The number of rotatable bonds is 4. The summed E-state index contributed by atoms with van der Waals surface area (Å²) in [6.07, 6.45) is 0. The molecule has 3 N–H and O–H groups in total. The Bertz CT molecular complexity index is 431. The summed E-state index contributed by atoms with van der Waals surface area (Å²) in [5, 5.41) is 13.0. The molecule has 0 radical (unpaired) electrons. The Balaban J connectivity index is 1.83. The number of nitrogens with zero attached hydrogens (tertiary/aromatic N) is 1. The summed E-state index contributed by atoms with van der Waals surface area (Å²) >= 11 is 5.45. The molecule has 1 heterocycles. The van der Waals surface area contributed by atoms with E-state index in [1.807, 2.05) is 24.3 Å². The van der Waals surface area contributed by atoms with Gasteiger partial charge in [0.15, 0.2) is 5.11 Å². The smallest absolute Gasteiger partial charge is 0.173 e. The van der Waals surface area contributed by atoms with Crippen LogP contribution in [-0.4, -0.2) is 61.6 Å². The minimum atomic E-state index is 0.254. The zero-order valence-electron chi connectivity index (χ0n) is 11.8. The van der Waals surface area contributed by atoms with Crippen LogP contribution in [0.1, 0.15) is 0 Å². The van der Waals surface area contributed by atoms with E-state index in [0.717, 1.165) is 49.3 Å². The number of hydrogen-bond acceptors (Lipinski definition) is 3. The van der Waals surface area contributed by atoms with E-state index in [4.69, 9.17) is 22.1 Å². The van der Waals surface area contributed by atoms with Gasteiger partial charge in [-0.3, -0.25) is 0 Å². The summed E-state index contributed by atoms with van der Waals surface area (Å²) in [7, 11) is 1.65. The molecule has 0 saturated carbocycles. The number of benzene rings is 1. The first-order valence-corrected chi connectivity index (χ1v) is 7.28. The van der Waals surface area contributed by atoms with Crippen LogP contribution in [0, 0.1) is 0 Å². The molecule has 20 heavy (non-hydrogen) atoms. The number of anilines is 1. The van der Waals surface area contributed by atoms with Gasteiger partial charge in [-0.1, -0.05) is 0 Å². The van der Waals surface area contributed by atoms with E-state index < -0.39 is 0 Å². The Hall–Kier alpha value is -1.37. The Morgan fingerprint density at radius 2 is 2.00 bits per heavy atom. The van der Waals surface area contributed by atoms with Crippen LogP contribution >= 0.6 is 12.2 Å². The molecule has 2 rings (SSSR count). The third kappa shape index (κ3) is 4.06. The van der Waals surface area contributed by atoms with Crippen LogP contribution in [0.5, 0.6) is 5.75 Å². The highest BCUT2D eigenvalue weighted by Crippen LogP contribution is 2.15. The number of nitrogens with one attached hydrogen (secondary N) is 2. The number of ether oxygens (including phenoxy) is 1. The Morgan fingerprint density at radius 1 is 1.35 bits per heavy atom. The molecule has 5 nitrogen and oxygen atoms in total. The molecule has 1 saturated heterocycles. The molecule has 0 atom stereocenters. The van der Waals surface area contributed by atoms with Gasteiger partial charge in [0.2, 0.25) is 0 Å². The van der Waals surface area contributed by atoms with Crippen LogP contribution in [-0.2, 0) is 0 Å². The second kappa shape index (κ2) is 7.42. The van der Waals surface area contributed by atoms with Crippen molar-refractivity contribution in [1.82, 2.24) is 4.90 Å². The standard InChI is InChI=1S/C14H21N3O2S/c1-19-13-4-2-12(3-5-13)15-14(20)17-8-6-16(7-9-17)10-11-18/h2-5,18H,6-11H2,1H3,(H,15,20)/p+1. The normalized spacial score (nSPS) is 16.0. The summed E-state index contributed by atoms with van der Waals surface area (Å²) < 4.78 is 5.13. The minimum Gasteiger partial charge on any atom is -0.497 e. The molecule has 0 bridgehead atoms. The highest BCUT2D eigenvalue weighted by molar-refractivity contribution is 7.80. The zero-order chi connectivity index (χ0) is 14.4. The topological polar surface area (TPSA) is 49.2 Å². The predicted octanol–water partition coefficient (Wildman–Crippen LogP) is -0.415. The SMILES string of the molecule is COc1ccc(NC(=S)N2CC[NH+](CCO)CC2)cc1. The first-order chi connectivity index (χ1) is 9.72. The minimum absolute atomic E-state index is 0.254. The van der Waals surface area contributed by atoms with E-state index in [1.54, 1.807) is 7.11 Å². The lowest BCUT2D eigenvalue weighted by Crippen LogP contribution is -3.15. The van der Waals surface area contributed by atoms with E-state index >= 15 is 0 Å². The summed E-state index contributed by atoms with van der Waals surface area (Å²) in [5.74, 6) is 0.836. The van der Waals surface area contributed by atoms with Gasteiger partial charge in [-0.05, 0) is 36.5 Å². The average Bonchev–Trinajstić information content (AvgIpc) is 2.49. The maximum absolute atomic E-state index is 8.95. The highest BCUT2D eigenvalue weighted by atomic mass is 32.1. The van der Waals surface area contributed by atoms with Crippen molar-refractivity contribution in [3.63, 3.8) is 0 Å².